The Bertz CT molecular complexity index is 411. The summed E-state index contributed by atoms with van der Waals surface area (Å²) in [5.74, 6) is 0.716. The first kappa shape index (κ1) is 13.5. The highest BCUT2D eigenvalue weighted by molar-refractivity contribution is 7.11. The fourth-order valence-corrected chi connectivity index (χ4v) is 3.70. The first-order valence-corrected chi connectivity index (χ1v) is 8.01. The number of hydrogen-bond acceptors (Lipinski definition) is 5. The Hall–Kier alpha value is -0.490. The second-order valence-corrected chi connectivity index (χ2v) is 6.84. The Morgan fingerprint density at radius 2 is 2.21 bits per heavy atom. The molecule has 1 aliphatic heterocycles. The van der Waals surface area contributed by atoms with Gasteiger partial charge in [0.1, 0.15) is 0 Å². The van der Waals surface area contributed by atoms with E-state index in [0.29, 0.717) is 5.92 Å². The van der Waals surface area contributed by atoms with E-state index < -0.39 is 0 Å². The fourth-order valence-electron chi connectivity index (χ4n) is 2.68. The molecule has 2 aliphatic rings. The van der Waals surface area contributed by atoms with Crippen molar-refractivity contribution in [3.8, 4) is 0 Å². The second kappa shape index (κ2) is 5.87. The van der Waals surface area contributed by atoms with Crippen LogP contribution in [-0.2, 0) is 11.3 Å². The van der Waals surface area contributed by atoms with E-state index in [9.17, 15) is 5.11 Å². The van der Waals surface area contributed by atoms with Gasteiger partial charge < -0.3 is 15.2 Å². The zero-order chi connectivity index (χ0) is 13.1. The minimum absolute atomic E-state index is 0.154. The molecule has 1 aliphatic carbocycles. The molecule has 0 atom stereocenters. The number of aliphatic hydroxyl groups is 1. The smallest absolute Gasteiger partial charge is 0.0959 e. The van der Waals surface area contributed by atoms with Crippen LogP contribution in [0.2, 0.25) is 0 Å². The molecule has 1 saturated carbocycles. The SMILES string of the molecule is OCC1(NCc2cnc(C3CCC3)s2)CCOCC1. The van der Waals surface area contributed by atoms with Gasteiger partial charge in [-0.1, -0.05) is 6.42 Å². The molecule has 4 nitrogen and oxygen atoms in total. The maximum atomic E-state index is 9.63. The predicted octanol–water partition coefficient (Wildman–Crippen LogP) is 2.04. The van der Waals surface area contributed by atoms with Crippen molar-refractivity contribution in [3.05, 3.63) is 16.1 Å². The summed E-state index contributed by atoms with van der Waals surface area (Å²) in [4.78, 5) is 5.82. The Balaban J connectivity index is 1.56. The van der Waals surface area contributed by atoms with E-state index in [4.69, 9.17) is 4.74 Å². The van der Waals surface area contributed by atoms with Crippen LogP contribution >= 0.6 is 11.3 Å². The molecule has 5 heteroatoms. The normalized spacial score (nSPS) is 23.2. The minimum Gasteiger partial charge on any atom is -0.394 e. The molecule has 0 aromatic carbocycles. The van der Waals surface area contributed by atoms with Gasteiger partial charge in [-0.05, 0) is 25.7 Å². The Kier molecular flexibility index (Phi) is 4.17. The summed E-state index contributed by atoms with van der Waals surface area (Å²) in [6.07, 6.45) is 7.73. The van der Waals surface area contributed by atoms with Gasteiger partial charge in [0.25, 0.3) is 0 Å². The molecule has 0 amide bonds. The Morgan fingerprint density at radius 1 is 1.42 bits per heavy atom. The number of ether oxygens (including phenoxy) is 1. The van der Waals surface area contributed by atoms with E-state index in [2.05, 4.69) is 10.3 Å². The topological polar surface area (TPSA) is 54.4 Å². The molecule has 1 aromatic heterocycles. The number of thiazole rings is 1. The molecule has 0 spiro atoms. The summed E-state index contributed by atoms with van der Waals surface area (Å²) >= 11 is 1.83. The van der Waals surface area contributed by atoms with Crippen LogP contribution < -0.4 is 5.32 Å². The second-order valence-electron chi connectivity index (χ2n) is 5.70. The highest BCUT2D eigenvalue weighted by atomic mass is 32.1. The van der Waals surface area contributed by atoms with Gasteiger partial charge in [0.2, 0.25) is 0 Å². The lowest BCUT2D eigenvalue weighted by molar-refractivity contribution is 0.0113. The molecule has 0 radical (unpaired) electrons. The van der Waals surface area contributed by atoms with Crippen LogP contribution in [-0.4, -0.2) is 35.5 Å². The van der Waals surface area contributed by atoms with Gasteiger partial charge in [0.05, 0.1) is 11.6 Å². The number of nitrogens with zero attached hydrogens (tertiary/aromatic N) is 1. The van der Waals surface area contributed by atoms with Gasteiger partial charge in [0, 0.05) is 42.3 Å². The van der Waals surface area contributed by atoms with Crippen molar-refractivity contribution < 1.29 is 9.84 Å². The first-order valence-electron chi connectivity index (χ1n) is 7.20. The molecular formula is C14H22N2O2S. The average molecular weight is 282 g/mol. The number of aromatic nitrogens is 1. The van der Waals surface area contributed by atoms with Crippen LogP contribution in [0.25, 0.3) is 0 Å². The molecule has 2 N–H and O–H groups in total. The molecule has 2 fully saturated rings. The third-order valence-corrected chi connectivity index (χ3v) is 5.58. The van der Waals surface area contributed by atoms with Crippen LogP contribution in [0.3, 0.4) is 0 Å². The Morgan fingerprint density at radius 3 is 2.84 bits per heavy atom. The zero-order valence-corrected chi connectivity index (χ0v) is 12.0. The third kappa shape index (κ3) is 2.99. The number of rotatable bonds is 5. The largest absolute Gasteiger partial charge is 0.394 e. The van der Waals surface area contributed by atoms with Gasteiger partial charge in [-0.3, -0.25) is 0 Å². The lowest BCUT2D eigenvalue weighted by Crippen LogP contribution is -2.51. The lowest BCUT2D eigenvalue weighted by Gasteiger charge is -2.36. The van der Waals surface area contributed by atoms with Crippen molar-refractivity contribution in [1.29, 1.82) is 0 Å². The summed E-state index contributed by atoms with van der Waals surface area (Å²) in [6, 6.07) is 0. The van der Waals surface area contributed by atoms with Crippen LogP contribution in [0.1, 0.15) is 47.9 Å². The molecule has 1 saturated heterocycles. The zero-order valence-electron chi connectivity index (χ0n) is 11.2. The predicted molar refractivity (Wildman–Crippen MR) is 75.4 cm³/mol. The van der Waals surface area contributed by atoms with Crippen molar-refractivity contribution in [1.82, 2.24) is 10.3 Å². The number of hydrogen-bond donors (Lipinski definition) is 2. The highest BCUT2D eigenvalue weighted by Gasteiger charge is 2.31. The first-order chi connectivity index (χ1) is 9.31. The number of nitrogens with one attached hydrogen (secondary N) is 1. The standard InChI is InChI=1S/C14H22N2O2S/c17-10-14(4-6-18-7-5-14)16-9-12-8-15-13(19-12)11-2-1-3-11/h8,11,16-17H,1-7,9-10H2. The van der Waals surface area contributed by atoms with Crippen molar-refractivity contribution in [2.24, 2.45) is 0 Å². The van der Waals surface area contributed by atoms with Gasteiger partial charge >= 0.3 is 0 Å². The van der Waals surface area contributed by atoms with E-state index in [-0.39, 0.29) is 12.1 Å². The van der Waals surface area contributed by atoms with E-state index in [1.54, 1.807) is 0 Å². The fraction of sp³-hybridized carbons (Fsp3) is 0.786. The van der Waals surface area contributed by atoms with Crippen molar-refractivity contribution in [3.63, 3.8) is 0 Å². The van der Waals surface area contributed by atoms with Crippen LogP contribution in [0, 0.1) is 0 Å². The molecule has 3 rings (SSSR count). The van der Waals surface area contributed by atoms with E-state index in [0.717, 1.165) is 32.6 Å². The monoisotopic (exact) mass is 282 g/mol. The van der Waals surface area contributed by atoms with E-state index in [1.807, 2.05) is 17.5 Å². The molecule has 1 aromatic rings. The minimum atomic E-state index is -0.154. The Labute approximate surface area is 118 Å². The van der Waals surface area contributed by atoms with Crippen LogP contribution in [0.4, 0.5) is 0 Å². The maximum Gasteiger partial charge on any atom is 0.0959 e. The van der Waals surface area contributed by atoms with Crippen molar-refractivity contribution >= 4 is 11.3 Å². The molecule has 0 bridgehead atoms. The van der Waals surface area contributed by atoms with E-state index >= 15 is 0 Å². The third-order valence-electron chi connectivity index (χ3n) is 4.42. The maximum absolute atomic E-state index is 9.63. The highest BCUT2D eigenvalue weighted by Crippen LogP contribution is 2.38. The number of aliphatic hydroxyl groups excluding tert-OH is 1. The van der Waals surface area contributed by atoms with Gasteiger partial charge in [-0.2, -0.15) is 0 Å². The summed E-state index contributed by atoms with van der Waals surface area (Å²) in [5, 5.41) is 14.5. The van der Waals surface area contributed by atoms with Crippen molar-refractivity contribution in [2.75, 3.05) is 19.8 Å². The molecular weight excluding hydrogens is 260 g/mol. The summed E-state index contributed by atoms with van der Waals surface area (Å²) in [6.45, 7) is 2.47. The van der Waals surface area contributed by atoms with Crippen LogP contribution in [0.15, 0.2) is 6.20 Å². The molecule has 2 heterocycles. The summed E-state index contributed by atoms with van der Waals surface area (Å²) < 4.78 is 5.38. The quantitative estimate of drug-likeness (QED) is 0.868. The summed E-state index contributed by atoms with van der Waals surface area (Å²) in [5.41, 5.74) is -0.154. The lowest BCUT2D eigenvalue weighted by atomic mass is 9.86. The van der Waals surface area contributed by atoms with E-state index in [1.165, 1.54) is 29.1 Å². The van der Waals surface area contributed by atoms with Crippen molar-refractivity contribution in [2.45, 2.75) is 50.1 Å². The summed E-state index contributed by atoms with van der Waals surface area (Å²) in [7, 11) is 0. The van der Waals surface area contributed by atoms with Gasteiger partial charge in [0.15, 0.2) is 0 Å². The van der Waals surface area contributed by atoms with Crippen LogP contribution in [0.5, 0.6) is 0 Å². The van der Waals surface area contributed by atoms with Gasteiger partial charge in [-0.15, -0.1) is 11.3 Å². The molecule has 0 unspecified atom stereocenters. The molecule has 106 valence electrons. The van der Waals surface area contributed by atoms with Gasteiger partial charge in [-0.25, -0.2) is 4.98 Å². The average Bonchev–Trinajstić information content (AvgIpc) is 2.84. The molecule has 19 heavy (non-hydrogen) atoms.